The van der Waals surface area contributed by atoms with Crippen LogP contribution >= 0.6 is 0 Å². The van der Waals surface area contributed by atoms with Gasteiger partial charge in [0.15, 0.2) is 0 Å². The van der Waals surface area contributed by atoms with Gasteiger partial charge in [-0.25, -0.2) is 14.5 Å². The molecular weight excluding hydrogens is 236 g/mol. The maximum atomic E-state index is 8.56. The molecule has 0 fully saturated rings. The average molecular weight is 254 g/mol. The van der Waals surface area contributed by atoms with Crippen molar-refractivity contribution in [2.45, 2.75) is 26.9 Å². The van der Waals surface area contributed by atoms with Gasteiger partial charge >= 0.3 is 12.3 Å². The van der Waals surface area contributed by atoms with Gasteiger partial charge < -0.3 is 20.4 Å². The lowest BCUT2D eigenvalue weighted by Crippen LogP contribution is -2.25. The van der Waals surface area contributed by atoms with E-state index < -0.39 is 12.3 Å². The molecule has 0 radical (unpaired) electrons. The maximum absolute atomic E-state index is 8.56. The molecule has 0 saturated heterocycles. The van der Waals surface area contributed by atoms with Crippen LogP contribution in [0.2, 0.25) is 0 Å². The molecule has 1 unspecified atom stereocenters. The van der Waals surface area contributed by atoms with Gasteiger partial charge in [-0.1, -0.05) is 26.8 Å². The van der Waals surface area contributed by atoms with E-state index in [1.54, 1.807) is 6.08 Å². The van der Waals surface area contributed by atoms with E-state index in [1.165, 1.54) is 0 Å². The van der Waals surface area contributed by atoms with Crippen molar-refractivity contribution in [2.24, 2.45) is 5.41 Å². The van der Waals surface area contributed by atoms with Crippen LogP contribution in [-0.2, 0) is 4.89 Å². The van der Waals surface area contributed by atoms with Crippen LogP contribution in [0.25, 0.3) is 0 Å². The van der Waals surface area contributed by atoms with Crippen molar-refractivity contribution in [3.63, 3.8) is 0 Å². The Hall–Kier alpha value is -1.80. The van der Waals surface area contributed by atoms with Crippen molar-refractivity contribution in [3.8, 4) is 0 Å². The van der Waals surface area contributed by atoms with Crippen molar-refractivity contribution in [2.75, 3.05) is 0 Å². The van der Waals surface area contributed by atoms with Gasteiger partial charge in [-0.15, -0.1) is 6.58 Å². The molecule has 0 rings (SSSR count). The Bertz CT molecular complexity index is 210. The first-order chi connectivity index (χ1) is 7.48. The van der Waals surface area contributed by atoms with E-state index in [-0.39, 0.29) is 11.5 Å². The number of hydrogen-bond donors (Lipinski definition) is 5. The van der Waals surface area contributed by atoms with Crippen LogP contribution in [0.1, 0.15) is 20.8 Å². The van der Waals surface area contributed by atoms with E-state index in [4.69, 9.17) is 35.3 Å². The monoisotopic (exact) mass is 254 g/mol. The van der Waals surface area contributed by atoms with Crippen LogP contribution in [0.3, 0.4) is 0 Å². The van der Waals surface area contributed by atoms with Gasteiger partial charge in [-0.3, -0.25) is 5.26 Å². The lowest BCUT2D eigenvalue weighted by Gasteiger charge is -2.23. The first kappa shape index (κ1) is 20.6. The Labute approximate surface area is 98.3 Å². The Morgan fingerprint density at radius 2 is 1.35 bits per heavy atom. The summed E-state index contributed by atoms with van der Waals surface area (Å²) in [6.45, 7) is 9.42. The molecule has 8 heteroatoms. The van der Waals surface area contributed by atoms with Crippen LogP contribution in [0.5, 0.6) is 0 Å². The van der Waals surface area contributed by atoms with Crippen molar-refractivity contribution in [3.05, 3.63) is 12.7 Å². The van der Waals surface area contributed by atoms with E-state index in [2.05, 4.69) is 11.5 Å². The Morgan fingerprint density at radius 1 is 1.12 bits per heavy atom. The summed E-state index contributed by atoms with van der Waals surface area (Å²) in [7, 11) is 0. The molecule has 17 heavy (non-hydrogen) atoms. The molecule has 0 aliphatic carbocycles. The number of carboxylic acid groups (broad SMARTS) is 4. The van der Waals surface area contributed by atoms with Gasteiger partial charge in [0, 0.05) is 0 Å². The van der Waals surface area contributed by atoms with Crippen molar-refractivity contribution < 1.29 is 40.2 Å². The minimum absolute atomic E-state index is 0.0729. The second kappa shape index (κ2) is 10.7. The van der Waals surface area contributed by atoms with Crippen molar-refractivity contribution in [1.29, 1.82) is 0 Å². The average Bonchev–Trinajstić information content (AvgIpc) is 2.00. The van der Waals surface area contributed by atoms with Crippen LogP contribution in [0.4, 0.5) is 9.59 Å². The van der Waals surface area contributed by atoms with Gasteiger partial charge in [0.1, 0.15) is 6.10 Å². The smallest absolute Gasteiger partial charge is 0.450 e. The van der Waals surface area contributed by atoms with E-state index in [1.807, 2.05) is 20.8 Å². The summed E-state index contributed by atoms with van der Waals surface area (Å²) in [6, 6.07) is 0. The SMILES string of the molecule is C=CC(OO)C(C)(C)C.O=C(O)O.O=C(O)O. The number of rotatable bonds is 2. The highest BCUT2D eigenvalue weighted by Crippen LogP contribution is 2.21. The van der Waals surface area contributed by atoms with Crippen LogP contribution in [-0.4, -0.2) is 44.1 Å². The lowest BCUT2D eigenvalue weighted by molar-refractivity contribution is -0.285. The third-order valence-corrected chi connectivity index (χ3v) is 1.18. The first-order valence-corrected chi connectivity index (χ1v) is 4.25. The van der Waals surface area contributed by atoms with Gasteiger partial charge in [0.05, 0.1) is 0 Å². The van der Waals surface area contributed by atoms with Crippen LogP contribution in [0, 0.1) is 5.41 Å². The fraction of sp³-hybridized carbons (Fsp3) is 0.556. The highest BCUT2D eigenvalue weighted by atomic mass is 17.1. The lowest BCUT2D eigenvalue weighted by atomic mass is 9.89. The van der Waals surface area contributed by atoms with Crippen molar-refractivity contribution in [1.82, 2.24) is 0 Å². The summed E-state index contributed by atoms with van der Waals surface area (Å²) in [5, 5.41) is 36.2. The minimum atomic E-state index is -1.83. The van der Waals surface area contributed by atoms with Gasteiger partial charge in [0.25, 0.3) is 0 Å². The topological polar surface area (TPSA) is 145 Å². The van der Waals surface area contributed by atoms with Gasteiger partial charge in [0.2, 0.25) is 0 Å². The molecule has 1 atom stereocenters. The Kier molecular flexibility index (Phi) is 13.0. The van der Waals surface area contributed by atoms with Gasteiger partial charge in [-0.05, 0) is 5.41 Å². The molecule has 0 heterocycles. The normalized spacial score (nSPS) is 10.8. The largest absolute Gasteiger partial charge is 0.503 e. The maximum Gasteiger partial charge on any atom is 0.503 e. The minimum Gasteiger partial charge on any atom is -0.450 e. The molecule has 0 aromatic heterocycles. The molecule has 5 N–H and O–H groups in total. The molecule has 0 aliphatic rings. The fourth-order valence-corrected chi connectivity index (χ4v) is 0.555. The van der Waals surface area contributed by atoms with Crippen LogP contribution < -0.4 is 0 Å². The molecule has 0 aromatic carbocycles. The second-order valence-corrected chi connectivity index (χ2v) is 3.69. The third-order valence-electron chi connectivity index (χ3n) is 1.18. The van der Waals surface area contributed by atoms with E-state index in [0.29, 0.717) is 0 Å². The van der Waals surface area contributed by atoms with Crippen molar-refractivity contribution >= 4 is 12.3 Å². The molecule has 0 spiro atoms. The quantitative estimate of drug-likeness (QED) is 0.287. The van der Waals surface area contributed by atoms with E-state index in [0.717, 1.165) is 0 Å². The van der Waals surface area contributed by atoms with E-state index >= 15 is 0 Å². The summed E-state index contributed by atoms with van der Waals surface area (Å²) in [5.74, 6) is 0. The predicted octanol–water partition coefficient (Wildman–Crippen LogP) is 2.52. The molecular formula is C9H18O8. The molecule has 0 aromatic rings. The molecule has 0 amide bonds. The molecule has 8 nitrogen and oxygen atoms in total. The first-order valence-electron chi connectivity index (χ1n) is 4.25. The zero-order chi connectivity index (χ0) is 14.6. The molecule has 102 valence electrons. The summed E-state index contributed by atoms with van der Waals surface area (Å²) in [4.78, 5) is 21.3. The summed E-state index contributed by atoms with van der Waals surface area (Å²) < 4.78 is 0. The predicted molar refractivity (Wildman–Crippen MR) is 58.5 cm³/mol. The summed E-state index contributed by atoms with van der Waals surface area (Å²) in [6.07, 6.45) is -2.36. The third kappa shape index (κ3) is 31.4. The summed E-state index contributed by atoms with van der Waals surface area (Å²) >= 11 is 0. The summed E-state index contributed by atoms with van der Waals surface area (Å²) in [5.41, 5.74) is -0.0729. The van der Waals surface area contributed by atoms with Crippen LogP contribution in [0.15, 0.2) is 12.7 Å². The van der Waals surface area contributed by atoms with E-state index in [9.17, 15) is 0 Å². The Morgan fingerprint density at radius 3 is 1.35 bits per heavy atom. The Balaban J connectivity index is -0.000000205. The zero-order valence-corrected chi connectivity index (χ0v) is 9.82. The fourth-order valence-electron chi connectivity index (χ4n) is 0.555. The molecule has 0 aliphatic heterocycles. The number of carbonyl (C=O) groups is 2. The standard InChI is InChI=1S/C7H14O2.2CH2O3/c1-5-6(9-8)7(2,3)4;2*2-1(3)4/h5-6,8H,1H2,2-4H3;2*(H2,2,3,4). The molecule has 0 saturated carbocycles. The zero-order valence-electron chi connectivity index (χ0n) is 9.82. The number of hydrogen-bond acceptors (Lipinski definition) is 4. The highest BCUT2D eigenvalue weighted by Gasteiger charge is 2.22. The highest BCUT2D eigenvalue weighted by molar-refractivity contribution is 5.53. The molecule has 0 bridgehead atoms. The van der Waals surface area contributed by atoms with Gasteiger partial charge in [-0.2, -0.15) is 0 Å². The second-order valence-electron chi connectivity index (χ2n) is 3.69.